The molecule has 0 aliphatic rings. The first-order chi connectivity index (χ1) is 14.7. The molecular formula is C23H23ClFN5O. The molecule has 1 amide bonds. The molecule has 0 radical (unpaired) electrons. The van der Waals surface area contributed by atoms with Crippen LogP contribution in [0.2, 0.25) is 5.02 Å². The second kappa shape index (κ2) is 9.19. The summed E-state index contributed by atoms with van der Waals surface area (Å²) in [5, 5.41) is 17.5. The van der Waals surface area contributed by atoms with E-state index in [1.165, 1.54) is 16.8 Å². The maximum atomic E-state index is 13.2. The third-order valence-corrected chi connectivity index (χ3v) is 5.44. The smallest absolute Gasteiger partial charge is 0.230 e. The van der Waals surface area contributed by atoms with Gasteiger partial charge in [-0.1, -0.05) is 23.7 Å². The Labute approximate surface area is 185 Å². The van der Waals surface area contributed by atoms with E-state index >= 15 is 0 Å². The molecule has 6 nitrogen and oxygen atoms in total. The average molecular weight is 440 g/mol. The summed E-state index contributed by atoms with van der Waals surface area (Å²) in [6.07, 6.45) is 1.04. The quantitative estimate of drug-likeness (QED) is 0.540. The standard InChI is InChI=1S/C23H23ClFN5O/c1-23(2,15-5-7-16(24)8-6-15)22(31)28-13-3-4-20-19(14-26)21(27)30(29-20)18-11-9-17(25)10-12-18/h5-12H,3-4,13,27H2,1-2H3,(H,28,31). The van der Waals surface area contributed by atoms with Crippen LogP contribution in [0.25, 0.3) is 5.69 Å². The Morgan fingerprint density at radius 1 is 1.23 bits per heavy atom. The summed E-state index contributed by atoms with van der Waals surface area (Å²) >= 11 is 5.93. The maximum Gasteiger partial charge on any atom is 0.230 e. The number of benzene rings is 2. The van der Waals surface area contributed by atoms with Crippen molar-refractivity contribution in [2.75, 3.05) is 12.3 Å². The molecule has 3 aromatic rings. The predicted octanol–water partition coefficient (Wildman–Crippen LogP) is 4.15. The molecule has 31 heavy (non-hydrogen) atoms. The van der Waals surface area contributed by atoms with Gasteiger partial charge in [-0.2, -0.15) is 10.4 Å². The fourth-order valence-corrected chi connectivity index (χ4v) is 3.36. The molecule has 0 saturated heterocycles. The van der Waals surface area contributed by atoms with E-state index in [1.54, 1.807) is 24.3 Å². The molecule has 0 aliphatic heterocycles. The zero-order chi connectivity index (χ0) is 22.6. The van der Waals surface area contributed by atoms with Gasteiger partial charge >= 0.3 is 0 Å². The second-order valence-corrected chi connectivity index (χ2v) is 8.13. The summed E-state index contributed by atoms with van der Waals surface area (Å²) in [5.41, 5.74) is 7.63. The first-order valence-electron chi connectivity index (χ1n) is 9.82. The first-order valence-corrected chi connectivity index (χ1v) is 10.2. The van der Waals surface area contributed by atoms with Crippen molar-refractivity contribution < 1.29 is 9.18 Å². The number of nitrogen functional groups attached to an aromatic ring is 1. The summed E-state index contributed by atoms with van der Waals surface area (Å²) < 4.78 is 14.6. The van der Waals surface area contributed by atoms with Crippen molar-refractivity contribution in [3.63, 3.8) is 0 Å². The molecule has 0 aliphatic carbocycles. The minimum absolute atomic E-state index is 0.105. The van der Waals surface area contributed by atoms with E-state index in [0.717, 1.165) is 5.56 Å². The zero-order valence-corrected chi connectivity index (χ0v) is 18.1. The number of carbonyl (C=O) groups is 1. The molecule has 160 valence electrons. The van der Waals surface area contributed by atoms with Gasteiger partial charge in [0.2, 0.25) is 5.91 Å². The number of hydrogen-bond donors (Lipinski definition) is 2. The van der Waals surface area contributed by atoms with Crippen molar-refractivity contribution in [1.29, 1.82) is 5.26 Å². The number of halogens is 2. The average Bonchev–Trinajstić information content (AvgIpc) is 3.07. The molecule has 0 saturated carbocycles. The van der Waals surface area contributed by atoms with E-state index < -0.39 is 5.41 Å². The Bertz CT molecular complexity index is 1110. The highest BCUT2D eigenvalue weighted by Crippen LogP contribution is 2.25. The molecule has 1 heterocycles. The van der Waals surface area contributed by atoms with Gasteiger partial charge in [0.05, 0.1) is 16.8 Å². The lowest BCUT2D eigenvalue weighted by molar-refractivity contribution is -0.125. The number of aromatic nitrogens is 2. The number of nitrogens with two attached hydrogens (primary N) is 1. The van der Waals surface area contributed by atoms with Crippen LogP contribution in [-0.4, -0.2) is 22.2 Å². The summed E-state index contributed by atoms with van der Waals surface area (Å²) in [6, 6.07) is 15.0. The first kappa shape index (κ1) is 22.3. The van der Waals surface area contributed by atoms with Crippen molar-refractivity contribution in [3.05, 3.63) is 76.2 Å². The Morgan fingerprint density at radius 3 is 2.48 bits per heavy atom. The predicted molar refractivity (Wildman–Crippen MR) is 118 cm³/mol. The summed E-state index contributed by atoms with van der Waals surface area (Å²) in [6.45, 7) is 4.12. The molecule has 3 rings (SSSR count). The van der Waals surface area contributed by atoms with Gasteiger partial charge in [0, 0.05) is 11.6 Å². The van der Waals surface area contributed by atoms with Crippen molar-refractivity contribution in [2.45, 2.75) is 32.1 Å². The Kier molecular flexibility index (Phi) is 6.62. The van der Waals surface area contributed by atoms with Crippen LogP contribution in [0.5, 0.6) is 0 Å². The number of nitriles is 1. The maximum absolute atomic E-state index is 13.2. The monoisotopic (exact) mass is 439 g/mol. The molecule has 0 atom stereocenters. The van der Waals surface area contributed by atoms with E-state index in [4.69, 9.17) is 17.3 Å². The number of amides is 1. The van der Waals surface area contributed by atoms with Crippen LogP contribution in [-0.2, 0) is 16.6 Å². The van der Waals surface area contributed by atoms with Crippen molar-refractivity contribution in [2.24, 2.45) is 0 Å². The number of nitrogens with zero attached hydrogens (tertiary/aromatic N) is 3. The topological polar surface area (TPSA) is 96.7 Å². The third-order valence-electron chi connectivity index (χ3n) is 5.19. The van der Waals surface area contributed by atoms with Gasteiger partial charge in [-0.25, -0.2) is 9.07 Å². The van der Waals surface area contributed by atoms with Crippen LogP contribution >= 0.6 is 11.6 Å². The van der Waals surface area contributed by atoms with Crippen LogP contribution < -0.4 is 11.1 Å². The van der Waals surface area contributed by atoms with Gasteiger partial charge in [-0.15, -0.1) is 0 Å². The molecule has 0 unspecified atom stereocenters. The number of anilines is 1. The zero-order valence-electron chi connectivity index (χ0n) is 17.3. The molecule has 3 N–H and O–H groups in total. The SMILES string of the molecule is CC(C)(C(=O)NCCCc1nn(-c2ccc(F)cc2)c(N)c1C#N)c1ccc(Cl)cc1. The molecule has 0 fully saturated rings. The minimum atomic E-state index is -0.711. The fraction of sp³-hybridized carbons (Fsp3) is 0.261. The summed E-state index contributed by atoms with van der Waals surface area (Å²) in [5.74, 6) is -0.267. The van der Waals surface area contributed by atoms with Crippen molar-refractivity contribution >= 4 is 23.3 Å². The van der Waals surface area contributed by atoms with Crippen LogP contribution in [0.1, 0.15) is 37.1 Å². The third kappa shape index (κ3) is 4.86. The van der Waals surface area contributed by atoms with E-state index in [9.17, 15) is 14.4 Å². The molecule has 2 aromatic carbocycles. The van der Waals surface area contributed by atoms with E-state index in [2.05, 4.69) is 16.5 Å². The van der Waals surface area contributed by atoms with Crippen LogP contribution in [0, 0.1) is 17.1 Å². The van der Waals surface area contributed by atoms with Crippen LogP contribution in [0.15, 0.2) is 48.5 Å². The summed E-state index contributed by atoms with van der Waals surface area (Å²) in [4.78, 5) is 12.7. The normalized spacial score (nSPS) is 11.2. The van der Waals surface area contributed by atoms with Gasteiger partial charge in [0.1, 0.15) is 23.3 Å². The van der Waals surface area contributed by atoms with Crippen molar-refractivity contribution in [1.82, 2.24) is 15.1 Å². The largest absolute Gasteiger partial charge is 0.382 e. The summed E-state index contributed by atoms with van der Waals surface area (Å²) in [7, 11) is 0. The molecule has 0 bridgehead atoms. The van der Waals surface area contributed by atoms with Gasteiger partial charge in [0.25, 0.3) is 0 Å². The molecule has 0 spiro atoms. The number of hydrogen-bond acceptors (Lipinski definition) is 4. The Morgan fingerprint density at radius 2 is 1.87 bits per heavy atom. The van der Waals surface area contributed by atoms with E-state index in [0.29, 0.717) is 35.8 Å². The number of nitrogens with one attached hydrogen (secondary N) is 1. The molecular weight excluding hydrogens is 417 g/mol. The van der Waals surface area contributed by atoms with Crippen LogP contribution in [0.3, 0.4) is 0 Å². The Balaban J connectivity index is 1.63. The fourth-order valence-electron chi connectivity index (χ4n) is 3.23. The van der Waals surface area contributed by atoms with Crippen LogP contribution in [0.4, 0.5) is 10.2 Å². The van der Waals surface area contributed by atoms with Gasteiger partial charge in [-0.3, -0.25) is 4.79 Å². The molecule has 1 aromatic heterocycles. The van der Waals surface area contributed by atoms with Gasteiger partial charge < -0.3 is 11.1 Å². The van der Waals surface area contributed by atoms with E-state index in [1.807, 2.05) is 26.0 Å². The van der Waals surface area contributed by atoms with Gasteiger partial charge in [0.15, 0.2) is 0 Å². The highest BCUT2D eigenvalue weighted by Gasteiger charge is 2.29. The Hall–Kier alpha value is -3.37. The second-order valence-electron chi connectivity index (χ2n) is 7.70. The lowest BCUT2D eigenvalue weighted by Gasteiger charge is -2.24. The highest BCUT2D eigenvalue weighted by atomic mass is 35.5. The highest BCUT2D eigenvalue weighted by molar-refractivity contribution is 6.30. The molecule has 8 heteroatoms. The number of aryl methyl sites for hydroxylation is 1. The van der Waals surface area contributed by atoms with Crippen molar-refractivity contribution in [3.8, 4) is 11.8 Å². The minimum Gasteiger partial charge on any atom is -0.382 e. The lowest BCUT2D eigenvalue weighted by Crippen LogP contribution is -2.40. The van der Waals surface area contributed by atoms with E-state index in [-0.39, 0.29) is 23.1 Å². The lowest BCUT2D eigenvalue weighted by atomic mass is 9.84. The van der Waals surface area contributed by atoms with Gasteiger partial charge in [-0.05, 0) is 68.7 Å². The number of carbonyl (C=O) groups excluding carboxylic acids is 1. The number of rotatable bonds is 7.